The predicted octanol–water partition coefficient (Wildman–Crippen LogP) is 1.34. The summed E-state index contributed by atoms with van der Waals surface area (Å²) < 4.78 is 10.8. The molecule has 0 aliphatic heterocycles. The van der Waals surface area contributed by atoms with E-state index < -0.39 is 5.97 Å². The highest BCUT2D eigenvalue weighted by atomic mass is 32.1. The normalized spacial score (nSPS) is 11.4. The third-order valence-electron chi connectivity index (χ3n) is 3.88. The molecule has 0 saturated heterocycles. The lowest BCUT2D eigenvalue weighted by Crippen LogP contribution is -2.19. The first kappa shape index (κ1) is 14.6. The van der Waals surface area contributed by atoms with Gasteiger partial charge in [-0.2, -0.15) is 0 Å². The van der Waals surface area contributed by atoms with E-state index in [1.54, 1.807) is 41.4 Å². The standard InChI is InChI=1S/C15H13N5O3S/c1-18-6-3-4-10(18)14(22)23-8-11-16-17-15-19(2)13(21)12-9(20(11)15)5-7-24-12/h3-7H,8H2,1-2H3. The van der Waals surface area contributed by atoms with Crippen LogP contribution in [0.15, 0.2) is 34.6 Å². The first-order valence-corrected chi connectivity index (χ1v) is 8.04. The second-order valence-electron chi connectivity index (χ2n) is 5.33. The van der Waals surface area contributed by atoms with Gasteiger partial charge in [-0.1, -0.05) is 0 Å². The van der Waals surface area contributed by atoms with Gasteiger partial charge >= 0.3 is 5.97 Å². The fourth-order valence-electron chi connectivity index (χ4n) is 2.62. The lowest BCUT2D eigenvalue weighted by molar-refractivity contribution is 0.0450. The van der Waals surface area contributed by atoms with E-state index in [1.165, 1.54) is 15.9 Å². The third kappa shape index (κ3) is 2.05. The summed E-state index contributed by atoms with van der Waals surface area (Å²) in [6, 6.07) is 5.29. The Balaban J connectivity index is 1.74. The zero-order chi connectivity index (χ0) is 16.8. The number of carbonyl (C=O) groups excluding carboxylic acids is 1. The summed E-state index contributed by atoms with van der Waals surface area (Å²) in [7, 11) is 3.42. The molecule has 0 aliphatic carbocycles. The Bertz CT molecular complexity index is 1130. The van der Waals surface area contributed by atoms with E-state index >= 15 is 0 Å². The monoisotopic (exact) mass is 343 g/mol. The minimum Gasteiger partial charge on any atom is -0.453 e. The minimum atomic E-state index is -0.439. The van der Waals surface area contributed by atoms with Crippen molar-refractivity contribution in [3.8, 4) is 0 Å². The Morgan fingerprint density at radius 1 is 1.29 bits per heavy atom. The summed E-state index contributed by atoms with van der Waals surface area (Å²) in [6.45, 7) is -0.0334. The lowest BCUT2D eigenvalue weighted by atomic mass is 10.4. The van der Waals surface area contributed by atoms with Crippen molar-refractivity contribution in [3.05, 3.63) is 51.6 Å². The zero-order valence-electron chi connectivity index (χ0n) is 13.0. The Morgan fingerprint density at radius 2 is 2.12 bits per heavy atom. The van der Waals surface area contributed by atoms with Crippen molar-refractivity contribution in [2.45, 2.75) is 6.61 Å². The number of hydrogen-bond acceptors (Lipinski definition) is 6. The molecule has 9 heteroatoms. The number of fused-ring (bicyclic) bond motifs is 3. The van der Waals surface area contributed by atoms with Gasteiger partial charge in [-0.05, 0) is 23.6 Å². The lowest BCUT2D eigenvalue weighted by Gasteiger charge is -2.06. The van der Waals surface area contributed by atoms with Crippen LogP contribution in [0.3, 0.4) is 0 Å². The SMILES string of the molecule is Cn1cccc1C(=O)OCc1nnc2n(C)c(=O)c3sccc3n12. The van der Waals surface area contributed by atoms with Crippen molar-refractivity contribution in [2.75, 3.05) is 0 Å². The maximum atomic E-state index is 12.3. The Kier molecular flexibility index (Phi) is 3.24. The van der Waals surface area contributed by atoms with Crippen LogP contribution in [0.1, 0.15) is 16.3 Å². The molecular formula is C15H13N5O3S. The quantitative estimate of drug-likeness (QED) is 0.524. The number of nitrogens with zero attached hydrogens (tertiary/aromatic N) is 5. The van der Waals surface area contributed by atoms with Crippen LogP contribution < -0.4 is 5.56 Å². The first-order valence-electron chi connectivity index (χ1n) is 7.16. The molecule has 0 amide bonds. The van der Waals surface area contributed by atoms with Gasteiger partial charge in [0, 0.05) is 20.3 Å². The molecule has 0 N–H and O–H groups in total. The van der Waals surface area contributed by atoms with Crippen LogP contribution in [0.2, 0.25) is 0 Å². The van der Waals surface area contributed by atoms with E-state index in [0.717, 1.165) is 0 Å². The van der Waals surface area contributed by atoms with E-state index in [0.29, 0.717) is 27.5 Å². The Morgan fingerprint density at radius 3 is 2.88 bits per heavy atom. The molecule has 0 spiro atoms. The molecule has 0 bridgehead atoms. The van der Waals surface area contributed by atoms with Crippen molar-refractivity contribution in [3.63, 3.8) is 0 Å². The molecule has 4 aromatic rings. The molecule has 0 aliphatic rings. The van der Waals surface area contributed by atoms with Crippen LogP contribution in [-0.4, -0.2) is 29.7 Å². The van der Waals surface area contributed by atoms with Crippen LogP contribution in [0.4, 0.5) is 0 Å². The van der Waals surface area contributed by atoms with E-state index in [4.69, 9.17) is 4.74 Å². The van der Waals surface area contributed by atoms with Crippen molar-refractivity contribution in [1.82, 2.24) is 23.7 Å². The molecule has 24 heavy (non-hydrogen) atoms. The highest BCUT2D eigenvalue weighted by Crippen LogP contribution is 2.19. The van der Waals surface area contributed by atoms with Gasteiger partial charge < -0.3 is 9.30 Å². The van der Waals surface area contributed by atoms with Gasteiger partial charge in [-0.25, -0.2) is 4.79 Å². The topological polar surface area (TPSA) is 83.4 Å². The number of aryl methyl sites for hydroxylation is 2. The molecule has 0 fully saturated rings. The molecule has 0 saturated carbocycles. The third-order valence-corrected chi connectivity index (χ3v) is 4.77. The summed E-state index contributed by atoms with van der Waals surface area (Å²) in [6.07, 6.45) is 1.77. The highest BCUT2D eigenvalue weighted by Gasteiger charge is 2.17. The number of aromatic nitrogens is 5. The molecule has 4 rings (SSSR count). The smallest absolute Gasteiger partial charge is 0.355 e. The molecule has 0 radical (unpaired) electrons. The second kappa shape index (κ2) is 5.31. The summed E-state index contributed by atoms with van der Waals surface area (Å²) in [4.78, 5) is 24.4. The average Bonchev–Trinajstić information content (AvgIpc) is 3.28. The van der Waals surface area contributed by atoms with E-state index in [1.807, 2.05) is 11.4 Å². The van der Waals surface area contributed by atoms with E-state index in [9.17, 15) is 9.59 Å². The maximum absolute atomic E-state index is 12.3. The fraction of sp³-hybridized carbons (Fsp3) is 0.200. The molecule has 0 unspecified atom stereocenters. The molecule has 8 nitrogen and oxygen atoms in total. The number of esters is 1. The van der Waals surface area contributed by atoms with Crippen LogP contribution in [-0.2, 0) is 25.4 Å². The molecule has 0 aromatic carbocycles. The number of carbonyl (C=O) groups is 1. The Hall–Kier alpha value is -2.94. The summed E-state index contributed by atoms with van der Waals surface area (Å²) in [5.41, 5.74) is 1.05. The Labute approximate surface area is 139 Å². The summed E-state index contributed by atoms with van der Waals surface area (Å²) in [5.74, 6) is 0.438. The molecule has 0 atom stereocenters. The minimum absolute atomic E-state index is 0.0334. The molecule has 122 valence electrons. The van der Waals surface area contributed by atoms with E-state index in [2.05, 4.69) is 10.2 Å². The average molecular weight is 343 g/mol. The first-order chi connectivity index (χ1) is 11.6. The molecule has 4 heterocycles. The van der Waals surface area contributed by atoms with Crippen molar-refractivity contribution in [1.29, 1.82) is 0 Å². The number of thiophene rings is 1. The number of hydrogen-bond donors (Lipinski definition) is 0. The summed E-state index contributed by atoms with van der Waals surface area (Å²) in [5, 5.41) is 9.97. The van der Waals surface area contributed by atoms with Crippen molar-refractivity contribution < 1.29 is 9.53 Å². The van der Waals surface area contributed by atoms with E-state index in [-0.39, 0.29) is 12.2 Å². The van der Waals surface area contributed by atoms with Gasteiger partial charge in [0.25, 0.3) is 5.56 Å². The van der Waals surface area contributed by atoms with Gasteiger partial charge in [0.2, 0.25) is 5.78 Å². The largest absolute Gasteiger partial charge is 0.453 e. The highest BCUT2D eigenvalue weighted by molar-refractivity contribution is 7.17. The van der Waals surface area contributed by atoms with Crippen molar-refractivity contribution >= 4 is 33.3 Å². The number of ether oxygens (including phenoxy) is 1. The van der Waals surface area contributed by atoms with Gasteiger partial charge in [-0.15, -0.1) is 21.5 Å². The van der Waals surface area contributed by atoms with Gasteiger partial charge in [-0.3, -0.25) is 13.8 Å². The van der Waals surface area contributed by atoms with Crippen LogP contribution in [0.25, 0.3) is 16.0 Å². The van der Waals surface area contributed by atoms with Crippen LogP contribution in [0.5, 0.6) is 0 Å². The number of rotatable bonds is 3. The van der Waals surface area contributed by atoms with Crippen LogP contribution in [0, 0.1) is 0 Å². The second-order valence-corrected chi connectivity index (χ2v) is 6.25. The van der Waals surface area contributed by atoms with Crippen LogP contribution >= 0.6 is 11.3 Å². The predicted molar refractivity (Wildman–Crippen MR) is 88.1 cm³/mol. The zero-order valence-corrected chi connectivity index (χ0v) is 13.8. The molecular weight excluding hydrogens is 330 g/mol. The fourth-order valence-corrected chi connectivity index (χ4v) is 3.47. The molecule has 4 aromatic heterocycles. The van der Waals surface area contributed by atoms with Gasteiger partial charge in [0.05, 0.1) is 5.52 Å². The van der Waals surface area contributed by atoms with Gasteiger partial charge in [0.1, 0.15) is 10.4 Å². The van der Waals surface area contributed by atoms with Gasteiger partial charge in [0.15, 0.2) is 12.4 Å². The van der Waals surface area contributed by atoms with Crippen molar-refractivity contribution in [2.24, 2.45) is 14.1 Å². The summed E-state index contributed by atoms with van der Waals surface area (Å²) >= 11 is 1.36. The maximum Gasteiger partial charge on any atom is 0.355 e.